The first kappa shape index (κ1) is 66.1. The van der Waals surface area contributed by atoms with Crippen LogP contribution in [0.3, 0.4) is 0 Å². The fourth-order valence-electron chi connectivity index (χ4n) is 8.59. The van der Waals surface area contributed by atoms with E-state index < -0.39 is 6.10 Å². The van der Waals surface area contributed by atoms with Crippen LogP contribution in [-0.2, 0) is 28.6 Å². The van der Waals surface area contributed by atoms with Crippen LogP contribution < -0.4 is 0 Å². The van der Waals surface area contributed by atoms with Gasteiger partial charge in [-0.15, -0.1) is 0 Å². The highest BCUT2D eigenvalue weighted by molar-refractivity contribution is 5.71. The standard InChI is InChI=1S/C63H112O6/c1-4-7-10-13-16-18-20-22-24-26-28-29-30-31-32-33-34-36-37-39-41-43-45-47-50-53-56-62(65)68-59-60(58-67-61(64)55-52-49-15-12-9-6-3)69-63(66)57-54-51-48-46-44-42-40-38-35-27-25-23-21-19-17-14-11-8-5-2/h8,11,17,19,23,25,35,38,42,44,60H,4-7,9-10,12-16,18,20-22,24,26-34,36-37,39-41,43,45-59H2,1-3H3/b11-8-,19-17-,25-23-,38-35-,44-42-. The third-order valence-corrected chi connectivity index (χ3v) is 13.0. The summed E-state index contributed by atoms with van der Waals surface area (Å²) < 4.78 is 16.7. The van der Waals surface area contributed by atoms with Gasteiger partial charge >= 0.3 is 17.9 Å². The van der Waals surface area contributed by atoms with E-state index in [0.717, 1.165) is 96.3 Å². The zero-order valence-electron chi connectivity index (χ0n) is 45.8. The first-order chi connectivity index (χ1) is 34.0. The van der Waals surface area contributed by atoms with Crippen molar-refractivity contribution in [2.45, 2.75) is 309 Å². The summed E-state index contributed by atoms with van der Waals surface area (Å²) in [6.45, 7) is 6.47. The molecular weight excluding hydrogens is 853 g/mol. The van der Waals surface area contributed by atoms with Gasteiger partial charge in [0.25, 0.3) is 0 Å². The number of rotatable bonds is 54. The molecule has 0 N–H and O–H groups in total. The van der Waals surface area contributed by atoms with Crippen molar-refractivity contribution in [3.8, 4) is 0 Å². The van der Waals surface area contributed by atoms with Crippen LogP contribution >= 0.6 is 0 Å². The highest BCUT2D eigenvalue weighted by atomic mass is 16.6. The number of unbranched alkanes of at least 4 members (excludes halogenated alkanes) is 33. The molecule has 400 valence electrons. The number of carbonyl (C=O) groups excluding carboxylic acids is 3. The molecule has 0 radical (unpaired) electrons. The van der Waals surface area contributed by atoms with Crippen molar-refractivity contribution in [2.24, 2.45) is 0 Å². The molecular formula is C63H112O6. The zero-order valence-corrected chi connectivity index (χ0v) is 45.8. The smallest absolute Gasteiger partial charge is 0.306 e. The molecule has 0 saturated carbocycles. The Bertz CT molecular complexity index is 1250. The number of allylic oxidation sites excluding steroid dienone is 10. The quantitative estimate of drug-likeness (QED) is 0.0262. The van der Waals surface area contributed by atoms with E-state index in [9.17, 15) is 14.4 Å². The van der Waals surface area contributed by atoms with Crippen molar-refractivity contribution >= 4 is 17.9 Å². The molecule has 0 aromatic heterocycles. The second kappa shape index (κ2) is 57.7. The van der Waals surface area contributed by atoms with E-state index >= 15 is 0 Å². The number of ether oxygens (including phenoxy) is 3. The third-order valence-electron chi connectivity index (χ3n) is 13.0. The van der Waals surface area contributed by atoms with Gasteiger partial charge in [-0.3, -0.25) is 14.4 Å². The summed E-state index contributed by atoms with van der Waals surface area (Å²) in [5.41, 5.74) is 0. The van der Waals surface area contributed by atoms with Gasteiger partial charge in [0.1, 0.15) is 13.2 Å². The highest BCUT2D eigenvalue weighted by Crippen LogP contribution is 2.17. The van der Waals surface area contributed by atoms with E-state index in [1.807, 2.05) is 0 Å². The SMILES string of the molecule is CC/C=C\C/C=C\C/C=C\C/C=C\C/C=C\CCCCCC(=O)OC(COC(=O)CCCCCCCC)COC(=O)CCCCCCCCCCCCCCCCCCCCCCCCCCCC. The van der Waals surface area contributed by atoms with Gasteiger partial charge in [0.05, 0.1) is 0 Å². The summed E-state index contributed by atoms with van der Waals surface area (Å²) >= 11 is 0. The van der Waals surface area contributed by atoms with Crippen molar-refractivity contribution in [3.63, 3.8) is 0 Å². The molecule has 0 saturated heterocycles. The molecule has 6 heteroatoms. The molecule has 0 aliphatic rings. The molecule has 0 fully saturated rings. The molecule has 0 heterocycles. The molecule has 0 spiro atoms. The average Bonchev–Trinajstić information content (AvgIpc) is 3.35. The minimum Gasteiger partial charge on any atom is -0.462 e. The first-order valence-corrected chi connectivity index (χ1v) is 29.8. The van der Waals surface area contributed by atoms with Crippen LogP contribution in [0.15, 0.2) is 60.8 Å². The highest BCUT2D eigenvalue weighted by Gasteiger charge is 2.19. The van der Waals surface area contributed by atoms with Gasteiger partial charge in [-0.1, -0.05) is 281 Å². The summed E-state index contributed by atoms with van der Waals surface area (Å²) in [4.78, 5) is 37.9. The van der Waals surface area contributed by atoms with Gasteiger partial charge in [0.15, 0.2) is 6.10 Å². The summed E-state index contributed by atoms with van der Waals surface area (Å²) in [5.74, 6) is -0.916. The molecule has 6 nitrogen and oxygen atoms in total. The molecule has 0 aliphatic heterocycles. The lowest BCUT2D eigenvalue weighted by Gasteiger charge is -2.18. The Morgan fingerprint density at radius 1 is 0.304 bits per heavy atom. The minimum atomic E-state index is -0.787. The Balaban J connectivity index is 4.11. The fourth-order valence-corrected chi connectivity index (χ4v) is 8.59. The maximum absolute atomic E-state index is 12.8. The van der Waals surface area contributed by atoms with Crippen LogP contribution in [0.25, 0.3) is 0 Å². The third kappa shape index (κ3) is 55.9. The summed E-state index contributed by atoms with van der Waals surface area (Å²) in [7, 11) is 0. The second-order valence-corrected chi connectivity index (χ2v) is 19.9. The average molecular weight is 966 g/mol. The number of carbonyl (C=O) groups is 3. The number of esters is 3. The Kier molecular flexibility index (Phi) is 55.3. The first-order valence-electron chi connectivity index (χ1n) is 29.8. The maximum Gasteiger partial charge on any atom is 0.306 e. The molecule has 69 heavy (non-hydrogen) atoms. The zero-order chi connectivity index (χ0) is 50.0. The van der Waals surface area contributed by atoms with E-state index in [0.29, 0.717) is 19.3 Å². The van der Waals surface area contributed by atoms with Crippen LogP contribution in [0, 0.1) is 0 Å². The molecule has 0 aliphatic carbocycles. The lowest BCUT2D eigenvalue weighted by Crippen LogP contribution is -2.30. The molecule has 0 rings (SSSR count). The summed E-state index contributed by atoms with van der Waals surface area (Å²) in [6.07, 6.45) is 72.7. The van der Waals surface area contributed by atoms with Crippen LogP contribution in [0.4, 0.5) is 0 Å². The summed E-state index contributed by atoms with van der Waals surface area (Å²) in [5, 5.41) is 0. The van der Waals surface area contributed by atoms with Gasteiger partial charge in [-0.25, -0.2) is 0 Å². The van der Waals surface area contributed by atoms with E-state index in [1.54, 1.807) is 0 Å². The van der Waals surface area contributed by atoms with E-state index in [-0.39, 0.29) is 31.1 Å². The molecule has 1 atom stereocenters. The summed E-state index contributed by atoms with van der Waals surface area (Å²) in [6, 6.07) is 0. The van der Waals surface area contributed by atoms with E-state index in [4.69, 9.17) is 14.2 Å². The normalized spacial score (nSPS) is 12.4. The topological polar surface area (TPSA) is 78.9 Å². The lowest BCUT2D eigenvalue weighted by molar-refractivity contribution is -0.167. The maximum atomic E-state index is 12.8. The van der Waals surface area contributed by atoms with Crippen LogP contribution in [0.1, 0.15) is 303 Å². The number of hydrogen-bond donors (Lipinski definition) is 0. The molecule has 0 aromatic rings. The molecule has 0 bridgehead atoms. The Labute approximate surface area is 428 Å². The van der Waals surface area contributed by atoms with Crippen molar-refractivity contribution in [2.75, 3.05) is 13.2 Å². The largest absolute Gasteiger partial charge is 0.462 e. The molecule has 1 unspecified atom stereocenters. The van der Waals surface area contributed by atoms with Crippen molar-refractivity contribution < 1.29 is 28.6 Å². The van der Waals surface area contributed by atoms with Crippen molar-refractivity contribution in [3.05, 3.63) is 60.8 Å². The molecule has 0 amide bonds. The van der Waals surface area contributed by atoms with E-state index in [2.05, 4.69) is 81.5 Å². The lowest BCUT2D eigenvalue weighted by atomic mass is 10.0. The minimum absolute atomic E-state index is 0.0849. The van der Waals surface area contributed by atoms with Gasteiger partial charge in [-0.05, 0) is 64.2 Å². The fraction of sp³-hybridized carbons (Fsp3) is 0.794. The predicted molar refractivity (Wildman–Crippen MR) is 298 cm³/mol. The Hall–Kier alpha value is -2.89. The molecule has 0 aromatic carbocycles. The predicted octanol–water partition coefficient (Wildman–Crippen LogP) is 20.0. The van der Waals surface area contributed by atoms with Gasteiger partial charge in [-0.2, -0.15) is 0 Å². The Morgan fingerprint density at radius 2 is 0.565 bits per heavy atom. The van der Waals surface area contributed by atoms with E-state index in [1.165, 1.54) is 167 Å². The van der Waals surface area contributed by atoms with Crippen molar-refractivity contribution in [1.29, 1.82) is 0 Å². The van der Waals surface area contributed by atoms with Crippen molar-refractivity contribution in [1.82, 2.24) is 0 Å². The van der Waals surface area contributed by atoms with Crippen LogP contribution in [0.5, 0.6) is 0 Å². The monoisotopic (exact) mass is 965 g/mol. The Morgan fingerprint density at radius 3 is 0.884 bits per heavy atom. The number of hydrogen-bond acceptors (Lipinski definition) is 6. The van der Waals surface area contributed by atoms with Crippen LogP contribution in [-0.4, -0.2) is 37.2 Å². The van der Waals surface area contributed by atoms with Gasteiger partial charge in [0.2, 0.25) is 0 Å². The van der Waals surface area contributed by atoms with Gasteiger partial charge < -0.3 is 14.2 Å². The van der Waals surface area contributed by atoms with Gasteiger partial charge in [0, 0.05) is 19.3 Å². The second-order valence-electron chi connectivity index (χ2n) is 19.9. The van der Waals surface area contributed by atoms with Crippen LogP contribution in [0.2, 0.25) is 0 Å².